The van der Waals surface area contributed by atoms with Crippen molar-refractivity contribution in [2.75, 3.05) is 6.54 Å². The van der Waals surface area contributed by atoms with Gasteiger partial charge in [0.2, 0.25) is 0 Å². The van der Waals surface area contributed by atoms with Gasteiger partial charge in [0.25, 0.3) is 0 Å². The van der Waals surface area contributed by atoms with Crippen LogP contribution in [0.5, 0.6) is 0 Å². The summed E-state index contributed by atoms with van der Waals surface area (Å²) >= 11 is 0. The third-order valence-electron chi connectivity index (χ3n) is 5.24. The summed E-state index contributed by atoms with van der Waals surface area (Å²) in [6, 6.07) is 1.65. The predicted octanol–water partition coefficient (Wildman–Crippen LogP) is 4.63. The lowest BCUT2D eigenvalue weighted by Crippen LogP contribution is -2.52. The van der Waals surface area contributed by atoms with Gasteiger partial charge < -0.3 is 0 Å². The second-order valence-corrected chi connectivity index (χ2v) is 6.31. The maximum Gasteiger partial charge on any atom is 0.0336 e. The summed E-state index contributed by atoms with van der Waals surface area (Å²) in [6.07, 6.45) is 10.6. The van der Waals surface area contributed by atoms with Crippen molar-refractivity contribution in [2.45, 2.75) is 78.3 Å². The normalized spacial score (nSPS) is 37.9. The molecule has 0 radical (unpaired) electrons. The van der Waals surface area contributed by atoms with E-state index >= 15 is 0 Å². The van der Waals surface area contributed by atoms with Crippen LogP contribution in [-0.2, 0) is 0 Å². The monoisotopic (exact) mass is 249 g/mol. The first kappa shape index (κ1) is 14.1. The molecule has 1 heteroatoms. The Bertz CT molecular complexity index is 294. The lowest BCUT2D eigenvalue weighted by molar-refractivity contribution is 0.0488. The molecule has 2 aliphatic heterocycles. The van der Waals surface area contributed by atoms with Crippen molar-refractivity contribution in [3.8, 4) is 0 Å². The van der Waals surface area contributed by atoms with Gasteiger partial charge in [0.15, 0.2) is 0 Å². The molecule has 104 valence electrons. The molecule has 2 aliphatic rings. The molecule has 2 saturated heterocycles. The van der Waals surface area contributed by atoms with E-state index in [0.717, 1.165) is 23.9 Å². The van der Waals surface area contributed by atoms with Gasteiger partial charge >= 0.3 is 0 Å². The smallest absolute Gasteiger partial charge is 0.0336 e. The molecule has 4 unspecified atom stereocenters. The largest absolute Gasteiger partial charge is 0.293 e. The zero-order valence-electron chi connectivity index (χ0n) is 12.8. The first-order valence-electron chi connectivity index (χ1n) is 8.17. The van der Waals surface area contributed by atoms with Crippen LogP contribution in [0.25, 0.3) is 0 Å². The van der Waals surface area contributed by atoms with E-state index in [4.69, 9.17) is 0 Å². The number of piperidine rings is 1. The maximum absolute atomic E-state index is 2.87. The minimum Gasteiger partial charge on any atom is -0.293 e. The summed E-state index contributed by atoms with van der Waals surface area (Å²) in [4.78, 5) is 2.87. The van der Waals surface area contributed by atoms with Crippen LogP contribution >= 0.6 is 0 Å². The van der Waals surface area contributed by atoms with E-state index in [1.54, 1.807) is 5.57 Å². The van der Waals surface area contributed by atoms with Gasteiger partial charge in [-0.1, -0.05) is 45.8 Å². The summed E-state index contributed by atoms with van der Waals surface area (Å²) in [7, 11) is 0. The summed E-state index contributed by atoms with van der Waals surface area (Å²) in [5.74, 6) is 1.81. The molecule has 18 heavy (non-hydrogen) atoms. The van der Waals surface area contributed by atoms with Crippen LogP contribution in [-0.4, -0.2) is 23.5 Å². The fraction of sp³-hybridized carbons (Fsp3) is 0.882. The minimum atomic E-state index is 0.755. The molecule has 0 spiro atoms. The van der Waals surface area contributed by atoms with Gasteiger partial charge in [-0.15, -0.1) is 0 Å². The fourth-order valence-electron chi connectivity index (χ4n) is 4.51. The van der Waals surface area contributed by atoms with Crippen molar-refractivity contribution in [1.29, 1.82) is 0 Å². The van der Waals surface area contributed by atoms with Gasteiger partial charge in [0.1, 0.15) is 0 Å². The van der Waals surface area contributed by atoms with Crippen LogP contribution in [0.1, 0.15) is 66.2 Å². The summed E-state index contributed by atoms with van der Waals surface area (Å²) in [5.41, 5.74) is 1.71. The van der Waals surface area contributed by atoms with Crippen molar-refractivity contribution in [2.24, 2.45) is 11.8 Å². The highest BCUT2D eigenvalue weighted by molar-refractivity contribution is 5.16. The van der Waals surface area contributed by atoms with Gasteiger partial charge in [-0.3, -0.25) is 4.90 Å². The average molecular weight is 249 g/mol. The molecule has 0 aliphatic carbocycles. The topological polar surface area (TPSA) is 3.24 Å². The van der Waals surface area contributed by atoms with Gasteiger partial charge in [-0.2, -0.15) is 0 Å². The number of rotatable bonds is 4. The van der Waals surface area contributed by atoms with E-state index in [-0.39, 0.29) is 0 Å². The van der Waals surface area contributed by atoms with Crippen molar-refractivity contribution >= 4 is 0 Å². The van der Waals surface area contributed by atoms with E-state index < -0.39 is 0 Å². The second-order valence-electron chi connectivity index (χ2n) is 6.31. The SMILES string of the molecule is CC/C=C(\CC)C1C(C)CC(CC)C2CCCN21. The molecule has 2 heterocycles. The summed E-state index contributed by atoms with van der Waals surface area (Å²) in [5, 5.41) is 0. The molecule has 0 bridgehead atoms. The quantitative estimate of drug-likeness (QED) is 0.657. The molecule has 0 saturated carbocycles. The zero-order valence-corrected chi connectivity index (χ0v) is 12.8. The molecule has 0 N–H and O–H groups in total. The molecule has 0 aromatic heterocycles. The van der Waals surface area contributed by atoms with Crippen LogP contribution in [0, 0.1) is 11.8 Å². The summed E-state index contributed by atoms with van der Waals surface area (Å²) < 4.78 is 0. The summed E-state index contributed by atoms with van der Waals surface area (Å²) in [6.45, 7) is 10.8. The second kappa shape index (κ2) is 6.23. The first-order chi connectivity index (χ1) is 8.72. The van der Waals surface area contributed by atoms with E-state index in [9.17, 15) is 0 Å². The minimum absolute atomic E-state index is 0.755. The zero-order chi connectivity index (χ0) is 13.1. The third-order valence-corrected chi connectivity index (χ3v) is 5.24. The number of fused-ring (bicyclic) bond motifs is 1. The highest BCUT2D eigenvalue weighted by atomic mass is 15.2. The van der Waals surface area contributed by atoms with Crippen molar-refractivity contribution in [3.05, 3.63) is 11.6 Å². The Kier molecular flexibility index (Phi) is 4.89. The Labute approximate surface area is 114 Å². The van der Waals surface area contributed by atoms with Crippen LogP contribution in [0.4, 0.5) is 0 Å². The van der Waals surface area contributed by atoms with Crippen molar-refractivity contribution in [1.82, 2.24) is 4.90 Å². The number of hydrogen-bond acceptors (Lipinski definition) is 1. The number of hydrogen-bond donors (Lipinski definition) is 0. The molecule has 2 fully saturated rings. The Morgan fingerprint density at radius 3 is 2.67 bits per heavy atom. The van der Waals surface area contributed by atoms with Gasteiger partial charge in [0.05, 0.1) is 0 Å². The Hall–Kier alpha value is -0.300. The van der Waals surface area contributed by atoms with E-state index in [1.165, 1.54) is 45.1 Å². The van der Waals surface area contributed by atoms with Crippen LogP contribution in [0.15, 0.2) is 11.6 Å². The van der Waals surface area contributed by atoms with Crippen molar-refractivity contribution < 1.29 is 0 Å². The molecule has 0 aromatic carbocycles. The lowest BCUT2D eigenvalue weighted by Gasteiger charge is -2.47. The van der Waals surface area contributed by atoms with Crippen LogP contribution in [0.2, 0.25) is 0 Å². The lowest BCUT2D eigenvalue weighted by atomic mass is 9.75. The Balaban J connectivity index is 2.21. The van der Waals surface area contributed by atoms with Gasteiger partial charge in [-0.25, -0.2) is 0 Å². The van der Waals surface area contributed by atoms with Crippen LogP contribution < -0.4 is 0 Å². The van der Waals surface area contributed by atoms with E-state index in [2.05, 4.69) is 38.7 Å². The van der Waals surface area contributed by atoms with Crippen molar-refractivity contribution in [3.63, 3.8) is 0 Å². The van der Waals surface area contributed by atoms with E-state index in [1.807, 2.05) is 0 Å². The molecule has 0 aromatic rings. The molecule has 1 nitrogen and oxygen atoms in total. The molecular weight excluding hydrogens is 218 g/mol. The fourth-order valence-corrected chi connectivity index (χ4v) is 4.51. The maximum atomic E-state index is 2.87. The standard InChI is InChI=1S/C17H31N/c1-5-9-14(6-2)17-13(4)12-15(7-3)16-10-8-11-18(16)17/h9,13,15-17H,5-8,10-12H2,1-4H3/b14-9+. The highest BCUT2D eigenvalue weighted by Gasteiger charge is 2.43. The Morgan fingerprint density at radius 2 is 2.06 bits per heavy atom. The van der Waals surface area contributed by atoms with Gasteiger partial charge in [-0.05, 0) is 50.5 Å². The van der Waals surface area contributed by atoms with E-state index in [0.29, 0.717) is 0 Å². The highest BCUT2D eigenvalue weighted by Crippen LogP contribution is 2.42. The third kappa shape index (κ3) is 2.52. The molecular formula is C17H31N. The number of nitrogens with zero attached hydrogens (tertiary/aromatic N) is 1. The average Bonchev–Trinajstić information content (AvgIpc) is 2.84. The Morgan fingerprint density at radius 1 is 1.28 bits per heavy atom. The number of allylic oxidation sites excluding steroid dienone is 1. The first-order valence-corrected chi connectivity index (χ1v) is 8.17. The predicted molar refractivity (Wildman–Crippen MR) is 79.7 cm³/mol. The molecule has 0 amide bonds. The molecule has 2 rings (SSSR count). The van der Waals surface area contributed by atoms with Crippen LogP contribution in [0.3, 0.4) is 0 Å². The van der Waals surface area contributed by atoms with Gasteiger partial charge in [0, 0.05) is 12.1 Å². The molecule has 4 atom stereocenters.